The van der Waals surface area contributed by atoms with Crippen molar-refractivity contribution >= 4 is 5.69 Å². The van der Waals surface area contributed by atoms with Crippen molar-refractivity contribution < 1.29 is 13.2 Å². The van der Waals surface area contributed by atoms with Gasteiger partial charge in [-0.05, 0) is 55.7 Å². The summed E-state index contributed by atoms with van der Waals surface area (Å²) in [5, 5.41) is 3.34. The molecule has 1 aromatic carbocycles. The Balaban J connectivity index is 2.12. The second kappa shape index (κ2) is 5.90. The van der Waals surface area contributed by atoms with Crippen molar-refractivity contribution in [2.45, 2.75) is 65.1 Å². The third-order valence-corrected chi connectivity index (χ3v) is 4.50. The van der Waals surface area contributed by atoms with Gasteiger partial charge in [-0.15, -0.1) is 0 Å². The van der Waals surface area contributed by atoms with E-state index >= 15 is 0 Å². The van der Waals surface area contributed by atoms with E-state index in [0.717, 1.165) is 37.3 Å². The van der Waals surface area contributed by atoms with Gasteiger partial charge in [0, 0.05) is 11.7 Å². The van der Waals surface area contributed by atoms with Gasteiger partial charge in [0.1, 0.15) is 0 Å². The Labute approximate surface area is 124 Å². The summed E-state index contributed by atoms with van der Waals surface area (Å²) in [4.78, 5) is 0. The molecule has 118 valence electrons. The van der Waals surface area contributed by atoms with Crippen LogP contribution in [0.5, 0.6) is 0 Å². The molecule has 1 atom stereocenters. The number of hydrogen-bond donors (Lipinski definition) is 1. The summed E-state index contributed by atoms with van der Waals surface area (Å²) in [5.41, 5.74) is 1.25. The van der Waals surface area contributed by atoms with E-state index in [1.165, 1.54) is 12.5 Å². The molecule has 0 bridgehead atoms. The summed E-state index contributed by atoms with van der Waals surface area (Å²) in [5.74, 6) is 0. The Bertz CT molecular complexity index is 491. The molecule has 4 heteroatoms. The zero-order chi connectivity index (χ0) is 15.7. The molecule has 1 aliphatic rings. The van der Waals surface area contributed by atoms with E-state index in [9.17, 15) is 13.2 Å². The van der Waals surface area contributed by atoms with Gasteiger partial charge < -0.3 is 5.32 Å². The molecular formula is C17H24F3N. The molecule has 0 aliphatic heterocycles. The first-order valence-corrected chi connectivity index (χ1v) is 7.62. The van der Waals surface area contributed by atoms with Gasteiger partial charge in [0.2, 0.25) is 0 Å². The highest BCUT2D eigenvalue weighted by Gasteiger charge is 2.31. The second-order valence-corrected chi connectivity index (χ2v) is 6.96. The maximum atomic E-state index is 12.8. The van der Waals surface area contributed by atoms with Crippen LogP contribution < -0.4 is 5.32 Å². The normalized spacial score (nSPS) is 22.7. The molecule has 1 fully saturated rings. The predicted molar refractivity (Wildman–Crippen MR) is 80.5 cm³/mol. The summed E-state index contributed by atoms with van der Waals surface area (Å²) in [6.45, 7) is 6.39. The Morgan fingerprint density at radius 3 is 2.52 bits per heavy atom. The lowest BCUT2D eigenvalue weighted by Gasteiger charge is -2.23. The summed E-state index contributed by atoms with van der Waals surface area (Å²) < 4.78 is 38.5. The summed E-state index contributed by atoms with van der Waals surface area (Å²) in [6.07, 6.45) is 1.19. The lowest BCUT2D eigenvalue weighted by Crippen LogP contribution is -2.20. The summed E-state index contributed by atoms with van der Waals surface area (Å²) in [7, 11) is 0. The molecule has 1 nitrogen and oxygen atoms in total. The van der Waals surface area contributed by atoms with Crippen LogP contribution in [0, 0.1) is 12.3 Å². The lowest BCUT2D eigenvalue weighted by molar-refractivity contribution is -0.137. The standard InChI is InChI=1S/C17H24F3N/c1-12-6-7-13(17(18,19)20)11-15(12)21-14-5-4-9-16(2,3)10-8-14/h6-7,11,14,21H,4-5,8-10H2,1-3H3. The maximum absolute atomic E-state index is 12.8. The van der Waals surface area contributed by atoms with Crippen molar-refractivity contribution in [2.75, 3.05) is 5.32 Å². The van der Waals surface area contributed by atoms with Crippen LogP contribution in [0.1, 0.15) is 57.1 Å². The molecule has 21 heavy (non-hydrogen) atoms. The van der Waals surface area contributed by atoms with E-state index in [1.807, 2.05) is 6.92 Å². The highest BCUT2D eigenvalue weighted by Crippen LogP contribution is 2.36. The van der Waals surface area contributed by atoms with Gasteiger partial charge in [-0.2, -0.15) is 13.2 Å². The van der Waals surface area contributed by atoms with Crippen LogP contribution in [0.4, 0.5) is 18.9 Å². The van der Waals surface area contributed by atoms with Crippen LogP contribution in [-0.4, -0.2) is 6.04 Å². The Morgan fingerprint density at radius 2 is 1.86 bits per heavy atom. The fraction of sp³-hybridized carbons (Fsp3) is 0.647. The van der Waals surface area contributed by atoms with Crippen molar-refractivity contribution in [1.82, 2.24) is 0 Å². The third-order valence-electron chi connectivity index (χ3n) is 4.50. The quantitative estimate of drug-likeness (QED) is 0.682. The van der Waals surface area contributed by atoms with Crippen molar-refractivity contribution in [3.63, 3.8) is 0 Å². The van der Waals surface area contributed by atoms with Crippen LogP contribution in [0.25, 0.3) is 0 Å². The predicted octanol–water partition coefficient (Wildman–Crippen LogP) is 5.78. The van der Waals surface area contributed by atoms with Gasteiger partial charge in [-0.25, -0.2) is 0 Å². The van der Waals surface area contributed by atoms with E-state index in [0.29, 0.717) is 11.1 Å². The summed E-state index contributed by atoms with van der Waals surface area (Å²) >= 11 is 0. The monoisotopic (exact) mass is 299 g/mol. The minimum Gasteiger partial charge on any atom is -0.382 e. The molecule has 0 heterocycles. The van der Waals surface area contributed by atoms with Crippen LogP contribution >= 0.6 is 0 Å². The molecule has 0 aromatic heterocycles. The first-order chi connectivity index (χ1) is 9.67. The molecule has 1 N–H and O–H groups in total. The van der Waals surface area contributed by atoms with E-state index in [1.54, 1.807) is 6.07 Å². The fourth-order valence-corrected chi connectivity index (χ4v) is 2.98. The average Bonchev–Trinajstić information content (AvgIpc) is 2.52. The smallest absolute Gasteiger partial charge is 0.382 e. The average molecular weight is 299 g/mol. The zero-order valence-electron chi connectivity index (χ0n) is 13.0. The number of alkyl halides is 3. The first-order valence-electron chi connectivity index (χ1n) is 7.62. The molecule has 0 radical (unpaired) electrons. The molecule has 0 amide bonds. The lowest BCUT2D eigenvalue weighted by atomic mass is 9.85. The Morgan fingerprint density at radius 1 is 1.14 bits per heavy atom. The van der Waals surface area contributed by atoms with Gasteiger partial charge in [0.25, 0.3) is 0 Å². The maximum Gasteiger partial charge on any atom is 0.416 e. The highest BCUT2D eigenvalue weighted by molar-refractivity contribution is 5.53. The fourth-order valence-electron chi connectivity index (χ4n) is 2.98. The highest BCUT2D eigenvalue weighted by atomic mass is 19.4. The van der Waals surface area contributed by atoms with E-state index in [4.69, 9.17) is 0 Å². The van der Waals surface area contributed by atoms with Crippen LogP contribution in [-0.2, 0) is 6.18 Å². The number of halogens is 3. The number of aryl methyl sites for hydroxylation is 1. The van der Waals surface area contributed by atoms with Gasteiger partial charge in [-0.1, -0.05) is 26.3 Å². The number of nitrogens with one attached hydrogen (secondary N) is 1. The van der Waals surface area contributed by atoms with Crippen molar-refractivity contribution in [1.29, 1.82) is 0 Å². The van der Waals surface area contributed by atoms with E-state index < -0.39 is 11.7 Å². The van der Waals surface area contributed by atoms with Crippen LogP contribution in [0.15, 0.2) is 18.2 Å². The molecule has 1 saturated carbocycles. The number of rotatable bonds is 2. The van der Waals surface area contributed by atoms with Crippen LogP contribution in [0.3, 0.4) is 0 Å². The summed E-state index contributed by atoms with van der Waals surface area (Å²) in [6, 6.07) is 4.21. The molecule has 2 rings (SSSR count). The van der Waals surface area contributed by atoms with Gasteiger partial charge in [0.15, 0.2) is 0 Å². The number of anilines is 1. The molecule has 0 spiro atoms. The van der Waals surface area contributed by atoms with Crippen LogP contribution in [0.2, 0.25) is 0 Å². The number of hydrogen-bond acceptors (Lipinski definition) is 1. The van der Waals surface area contributed by atoms with Crippen molar-refractivity contribution in [3.05, 3.63) is 29.3 Å². The van der Waals surface area contributed by atoms with E-state index in [2.05, 4.69) is 19.2 Å². The van der Waals surface area contributed by atoms with Crippen molar-refractivity contribution in [3.8, 4) is 0 Å². The third kappa shape index (κ3) is 4.39. The Hall–Kier alpha value is -1.19. The van der Waals surface area contributed by atoms with E-state index in [-0.39, 0.29) is 6.04 Å². The second-order valence-electron chi connectivity index (χ2n) is 6.96. The minimum atomic E-state index is -4.28. The molecule has 1 unspecified atom stereocenters. The SMILES string of the molecule is Cc1ccc(C(F)(F)F)cc1NC1CCCC(C)(C)CC1. The molecule has 1 aliphatic carbocycles. The Kier molecular flexibility index (Phi) is 4.54. The molecule has 0 saturated heterocycles. The van der Waals surface area contributed by atoms with Gasteiger partial charge in [-0.3, -0.25) is 0 Å². The molecule has 1 aromatic rings. The largest absolute Gasteiger partial charge is 0.416 e. The van der Waals surface area contributed by atoms with Crippen molar-refractivity contribution in [2.24, 2.45) is 5.41 Å². The van der Waals surface area contributed by atoms with Gasteiger partial charge in [0.05, 0.1) is 5.56 Å². The first kappa shape index (κ1) is 16.2. The topological polar surface area (TPSA) is 12.0 Å². The zero-order valence-corrected chi connectivity index (χ0v) is 13.0. The molecular weight excluding hydrogens is 275 g/mol. The minimum absolute atomic E-state index is 0.272. The van der Waals surface area contributed by atoms with Gasteiger partial charge >= 0.3 is 6.18 Å². The number of benzene rings is 1.